The van der Waals surface area contributed by atoms with Gasteiger partial charge >= 0.3 is 0 Å². The maximum absolute atomic E-state index is 13.8. The van der Waals surface area contributed by atoms with Crippen LogP contribution in [0.4, 0.5) is 0 Å². The van der Waals surface area contributed by atoms with E-state index in [1.54, 1.807) is 24.3 Å². The normalized spacial score (nSPS) is 11.4. The van der Waals surface area contributed by atoms with Crippen molar-refractivity contribution >= 4 is 11.0 Å². The molecule has 4 aromatic rings. The minimum atomic E-state index is -0.214. The van der Waals surface area contributed by atoms with Crippen LogP contribution in [-0.2, 0) is 6.54 Å². The van der Waals surface area contributed by atoms with E-state index in [0.717, 1.165) is 47.3 Å². The first-order valence-corrected chi connectivity index (χ1v) is 11.6. The highest BCUT2D eigenvalue weighted by atomic mass is 16.3. The maximum atomic E-state index is 13.8. The molecule has 0 fully saturated rings. The van der Waals surface area contributed by atoms with Crippen LogP contribution in [0.2, 0.25) is 0 Å². The van der Waals surface area contributed by atoms with Crippen LogP contribution < -0.4 is 11.3 Å². The number of aromatic hydroxyl groups is 1. The highest BCUT2D eigenvalue weighted by molar-refractivity contribution is 5.86. The molecule has 0 bridgehead atoms. The van der Waals surface area contributed by atoms with Gasteiger partial charge in [-0.3, -0.25) is 14.3 Å². The van der Waals surface area contributed by atoms with Crippen LogP contribution >= 0.6 is 0 Å². The van der Waals surface area contributed by atoms with E-state index in [2.05, 4.69) is 53.8 Å². The molecule has 176 valence electrons. The zero-order valence-corrected chi connectivity index (χ0v) is 20.0. The van der Waals surface area contributed by atoms with Crippen molar-refractivity contribution in [2.75, 3.05) is 19.6 Å². The zero-order valence-electron chi connectivity index (χ0n) is 20.0. The predicted molar refractivity (Wildman–Crippen MR) is 136 cm³/mol. The fourth-order valence-electron chi connectivity index (χ4n) is 4.51. The molecule has 0 unspecified atom stereocenters. The molecule has 7 heteroatoms. The first-order valence-electron chi connectivity index (χ1n) is 11.6. The lowest BCUT2D eigenvalue weighted by molar-refractivity contribution is 0.275. The Bertz CT molecular complexity index is 1350. The van der Waals surface area contributed by atoms with E-state index < -0.39 is 0 Å². The van der Waals surface area contributed by atoms with Gasteiger partial charge in [0.05, 0.1) is 11.1 Å². The molecular formula is C27H31N5O2. The number of hydrogen-bond acceptors (Lipinski definition) is 6. The van der Waals surface area contributed by atoms with Crippen molar-refractivity contribution in [3.8, 4) is 22.6 Å². The lowest BCUT2D eigenvalue weighted by atomic mass is 9.96. The molecular weight excluding hydrogens is 426 g/mol. The summed E-state index contributed by atoms with van der Waals surface area (Å²) >= 11 is 0. The van der Waals surface area contributed by atoms with Gasteiger partial charge in [0.2, 0.25) is 0 Å². The summed E-state index contributed by atoms with van der Waals surface area (Å²) in [6.07, 6.45) is 4.27. The number of rotatable bonds is 8. The minimum absolute atomic E-state index is 0.0869. The Labute approximate surface area is 199 Å². The van der Waals surface area contributed by atoms with Crippen molar-refractivity contribution in [3.63, 3.8) is 0 Å². The topological polar surface area (TPSA) is 97.3 Å². The van der Waals surface area contributed by atoms with Crippen LogP contribution in [0.15, 0.2) is 59.8 Å². The average molecular weight is 458 g/mol. The number of nitrogens with two attached hydrogens (primary N) is 1. The Morgan fingerprint density at radius 2 is 1.82 bits per heavy atom. The first-order chi connectivity index (χ1) is 16.4. The van der Waals surface area contributed by atoms with Gasteiger partial charge in [-0.2, -0.15) is 0 Å². The summed E-state index contributed by atoms with van der Waals surface area (Å²) in [5.74, 6) is 0.0869. The molecule has 0 aliphatic heterocycles. The quantitative estimate of drug-likeness (QED) is 0.416. The molecule has 0 radical (unpaired) electrons. The van der Waals surface area contributed by atoms with Crippen LogP contribution in [0, 0.1) is 13.8 Å². The van der Waals surface area contributed by atoms with Crippen molar-refractivity contribution in [2.24, 2.45) is 5.73 Å². The molecule has 4 rings (SSSR count). The van der Waals surface area contributed by atoms with Gasteiger partial charge < -0.3 is 10.8 Å². The first kappa shape index (κ1) is 23.6. The molecule has 2 aromatic heterocycles. The molecule has 34 heavy (non-hydrogen) atoms. The Morgan fingerprint density at radius 1 is 1.06 bits per heavy atom. The van der Waals surface area contributed by atoms with E-state index in [9.17, 15) is 9.90 Å². The summed E-state index contributed by atoms with van der Waals surface area (Å²) in [6.45, 7) is 8.97. The summed E-state index contributed by atoms with van der Waals surface area (Å²) in [7, 11) is 0. The van der Waals surface area contributed by atoms with Gasteiger partial charge in [0, 0.05) is 37.5 Å². The Balaban J connectivity index is 2.01. The summed E-state index contributed by atoms with van der Waals surface area (Å²) in [5, 5.41) is 10.4. The Morgan fingerprint density at radius 3 is 2.50 bits per heavy atom. The SMILES string of the molecule is CCCN(CCN)Cc1c(-c2cc(C)cc(C)c2)cnc2ncn(-c3cccc(O)c3)c(=O)c12. The molecule has 0 saturated heterocycles. The molecule has 0 spiro atoms. The molecule has 0 aliphatic rings. The lowest BCUT2D eigenvalue weighted by Gasteiger charge is -2.23. The predicted octanol–water partition coefficient (Wildman–Crippen LogP) is 3.94. The van der Waals surface area contributed by atoms with Crippen molar-refractivity contribution in [1.82, 2.24) is 19.4 Å². The smallest absolute Gasteiger partial charge is 0.267 e. The van der Waals surface area contributed by atoms with Crippen molar-refractivity contribution < 1.29 is 5.11 Å². The lowest BCUT2D eigenvalue weighted by Crippen LogP contribution is -2.31. The van der Waals surface area contributed by atoms with Crippen LogP contribution in [0.5, 0.6) is 5.75 Å². The third-order valence-corrected chi connectivity index (χ3v) is 5.90. The van der Waals surface area contributed by atoms with Crippen LogP contribution in [0.1, 0.15) is 30.0 Å². The third kappa shape index (κ3) is 4.85. The van der Waals surface area contributed by atoms with Gasteiger partial charge in [0.15, 0.2) is 5.65 Å². The van der Waals surface area contributed by atoms with E-state index >= 15 is 0 Å². The number of nitrogens with zero attached hydrogens (tertiary/aromatic N) is 4. The summed E-state index contributed by atoms with van der Waals surface area (Å²) in [6, 6.07) is 13.0. The van der Waals surface area contributed by atoms with Gasteiger partial charge in [0.1, 0.15) is 12.1 Å². The van der Waals surface area contributed by atoms with E-state index in [-0.39, 0.29) is 11.3 Å². The second-order valence-electron chi connectivity index (χ2n) is 8.73. The van der Waals surface area contributed by atoms with Gasteiger partial charge in [0.25, 0.3) is 5.56 Å². The van der Waals surface area contributed by atoms with E-state index in [0.29, 0.717) is 29.8 Å². The largest absolute Gasteiger partial charge is 0.508 e. The summed E-state index contributed by atoms with van der Waals surface area (Å²) in [5.41, 5.74) is 11.8. The van der Waals surface area contributed by atoms with Crippen LogP contribution in [0.25, 0.3) is 27.8 Å². The van der Waals surface area contributed by atoms with Crippen molar-refractivity contribution in [1.29, 1.82) is 0 Å². The number of pyridine rings is 1. The number of benzene rings is 2. The standard InChI is InChI=1S/C27H31N5O2/c1-4-9-31(10-8-28)16-24-23(20-12-18(2)11-19(3)13-20)15-29-26-25(24)27(34)32(17-30-26)21-6-5-7-22(33)14-21/h5-7,11-15,17,33H,4,8-10,16,28H2,1-3H3. The van der Waals surface area contributed by atoms with Crippen LogP contribution in [0.3, 0.4) is 0 Å². The molecule has 0 atom stereocenters. The van der Waals surface area contributed by atoms with E-state index in [1.165, 1.54) is 10.9 Å². The van der Waals surface area contributed by atoms with Crippen molar-refractivity contribution in [2.45, 2.75) is 33.7 Å². The molecule has 0 aliphatic carbocycles. The number of aromatic nitrogens is 3. The number of phenolic OH excluding ortho intramolecular Hbond substituents is 1. The zero-order chi connectivity index (χ0) is 24.2. The second-order valence-corrected chi connectivity index (χ2v) is 8.73. The molecule has 2 heterocycles. The fraction of sp³-hybridized carbons (Fsp3) is 0.296. The van der Waals surface area contributed by atoms with E-state index in [1.807, 2.05) is 6.20 Å². The molecule has 2 aromatic carbocycles. The highest BCUT2D eigenvalue weighted by Crippen LogP contribution is 2.30. The molecule has 0 saturated carbocycles. The second kappa shape index (κ2) is 10.2. The summed E-state index contributed by atoms with van der Waals surface area (Å²) < 4.78 is 1.46. The van der Waals surface area contributed by atoms with E-state index in [4.69, 9.17) is 5.73 Å². The number of fused-ring (bicyclic) bond motifs is 1. The Kier molecular flexibility index (Phi) is 7.05. The van der Waals surface area contributed by atoms with Crippen LogP contribution in [-0.4, -0.2) is 44.2 Å². The minimum Gasteiger partial charge on any atom is -0.508 e. The van der Waals surface area contributed by atoms with Gasteiger partial charge in [-0.25, -0.2) is 9.97 Å². The number of aryl methyl sites for hydroxylation is 2. The highest BCUT2D eigenvalue weighted by Gasteiger charge is 2.19. The maximum Gasteiger partial charge on any atom is 0.267 e. The van der Waals surface area contributed by atoms with Gasteiger partial charge in [-0.15, -0.1) is 0 Å². The van der Waals surface area contributed by atoms with Crippen molar-refractivity contribution in [3.05, 3.63) is 82.0 Å². The molecule has 3 N–H and O–H groups in total. The number of phenols is 1. The van der Waals surface area contributed by atoms with Gasteiger partial charge in [-0.05, 0) is 50.1 Å². The molecule has 0 amide bonds. The Hall–Kier alpha value is -3.55. The molecule has 7 nitrogen and oxygen atoms in total. The fourth-order valence-corrected chi connectivity index (χ4v) is 4.51. The van der Waals surface area contributed by atoms with Gasteiger partial charge in [-0.1, -0.05) is 42.3 Å². The average Bonchev–Trinajstić information content (AvgIpc) is 2.79. The number of hydrogen-bond donors (Lipinski definition) is 2. The third-order valence-electron chi connectivity index (χ3n) is 5.90. The monoisotopic (exact) mass is 457 g/mol. The summed E-state index contributed by atoms with van der Waals surface area (Å²) in [4.78, 5) is 25.2.